The molecule has 0 spiro atoms. The first-order valence-electron chi connectivity index (χ1n) is 4.33. The van der Waals surface area contributed by atoms with Gasteiger partial charge in [0.2, 0.25) is 0 Å². The van der Waals surface area contributed by atoms with E-state index >= 15 is 0 Å². The molecule has 0 bridgehead atoms. The minimum Gasteiger partial charge on any atom is -0.379 e. The zero-order valence-electron chi connectivity index (χ0n) is 7.53. The molecular weight excluding hydrogens is 162 g/mol. The zero-order chi connectivity index (χ0) is 9.19. The first kappa shape index (κ1) is 9.61. The van der Waals surface area contributed by atoms with Gasteiger partial charge in [0.15, 0.2) is 0 Å². The molecule has 3 N–H and O–H groups in total. The maximum Gasteiger partial charge on any atom is 0.0650 e. The van der Waals surface area contributed by atoms with Gasteiger partial charge in [-0.25, -0.2) is 0 Å². The van der Waals surface area contributed by atoms with Gasteiger partial charge < -0.3 is 10.6 Å². The smallest absolute Gasteiger partial charge is 0.0650 e. The Morgan fingerprint density at radius 3 is 2.00 bits per heavy atom. The molecule has 0 aromatic rings. The van der Waals surface area contributed by atoms with Crippen molar-refractivity contribution in [3.63, 3.8) is 0 Å². The predicted molar refractivity (Wildman–Crippen MR) is 55.7 cm³/mol. The Balaban J connectivity index is 0.000000132. The summed E-state index contributed by atoms with van der Waals surface area (Å²) in [6.07, 6.45) is 15.6. The Morgan fingerprint density at radius 1 is 0.846 bits per heavy atom. The Kier molecular flexibility index (Phi) is 5.31. The van der Waals surface area contributed by atoms with Gasteiger partial charge in [0.1, 0.15) is 0 Å². The van der Waals surface area contributed by atoms with Gasteiger partial charge >= 0.3 is 0 Å². The summed E-state index contributed by atoms with van der Waals surface area (Å²) in [6, 6.07) is 0. The van der Waals surface area contributed by atoms with Crippen molar-refractivity contribution >= 4 is 0 Å². The normalized spacial score (nSPS) is 17.8. The minimum atomic E-state index is 0.913. The van der Waals surface area contributed by atoms with Gasteiger partial charge in [-0.3, -0.25) is 5.32 Å². The average molecular weight is 177 g/mol. The van der Waals surface area contributed by atoms with Crippen LogP contribution in [0.2, 0.25) is 0 Å². The summed E-state index contributed by atoms with van der Waals surface area (Å²) in [5, 5.41) is 9.00. The maximum atomic E-state index is 3.09. The van der Waals surface area contributed by atoms with E-state index in [1.165, 1.54) is 0 Å². The molecule has 0 amide bonds. The van der Waals surface area contributed by atoms with Crippen LogP contribution in [0, 0.1) is 0 Å². The highest BCUT2D eigenvalue weighted by Gasteiger charge is 1.81. The van der Waals surface area contributed by atoms with Gasteiger partial charge in [-0.1, -0.05) is 18.2 Å². The standard InChI is InChI=1S/C6H7N.C4H8N2/c1-2-4-6-7-5-3-1;1-2-5-4-6-3-1/h1-7H;1-2,5-6H,3-4H2. The van der Waals surface area contributed by atoms with E-state index in [9.17, 15) is 0 Å². The third-order valence-electron chi connectivity index (χ3n) is 1.44. The van der Waals surface area contributed by atoms with Crippen molar-refractivity contribution in [2.24, 2.45) is 0 Å². The largest absolute Gasteiger partial charge is 0.379 e. The molecule has 0 saturated carbocycles. The summed E-state index contributed by atoms with van der Waals surface area (Å²) < 4.78 is 0. The van der Waals surface area contributed by atoms with Crippen LogP contribution in [0.15, 0.2) is 49.0 Å². The van der Waals surface area contributed by atoms with E-state index in [0.29, 0.717) is 0 Å². The van der Waals surface area contributed by atoms with Gasteiger partial charge in [-0.2, -0.15) is 0 Å². The Hall–Kier alpha value is -1.48. The van der Waals surface area contributed by atoms with E-state index in [-0.39, 0.29) is 0 Å². The molecule has 0 aromatic carbocycles. The fourth-order valence-electron chi connectivity index (χ4n) is 0.835. The molecule has 3 heteroatoms. The number of rotatable bonds is 0. The molecule has 0 fully saturated rings. The first-order valence-corrected chi connectivity index (χ1v) is 4.33. The number of hydrogen-bond donors (Lipinski definition) is 3. The fourth-order valence-corrected chi connectivity index (χ4v) is 0.835. The lowest BCUT2D eigenvalue weighted by molar-refractivity contribution is 0.669. The number of nitrogens with one attached hydrogen (secondary N) is 3. The van der Waals surface area contributed by atoms with Crippen LogP contribution in [-0.2, 0) is 0 Å². The second-order valence-corrected chi connectivity index (χ2v) is 2.51. The van der Waals surface area contributed by atoms with E-state index in [1.807, 2.05) is 49.0 Å². The lowest BCUT2D eigenvalue weighted by atomic mass is 10.5. The molecule has 0 atom stereocenters. The number of hydrogen-bond acceptors (Lipinski definition) is 3. The van der Waals surface area contributed by atoms with Crippen LogP contribution in [-0.4, -0.2) is 13.2 Å². The third-order valence-corrected chi connectivity index (χ3v) is 1.44. The summed E-state index contributed by atoms with van der Waals surface area (Å²) in [6.45, 7) is 1.92. The van der Waals surface area contributed by atoms with Gasteiger partial charge in [0, 0.05) is 18.9 Å². The van der Waals surface area contributed by atoms with Crippen LogP contribution < -0.4 is 16.0 Å². The second-order valence-electron chi connectivity index (χ2n) is 2.51. The van der Waals surface area contributed by atoms with Gasteiger partial charge in [-0.15, -0.1) is 0 Å². The highest BCUT2D eigenvalue weighted by atomic mass is 15.1. The molecule has 0 aliphatic carbocycles. The van der Waals surface area contributed by atoms with Crippen LogP contribution >= 0.6 is 0 Å². The maximum absolute atomic E-state index is 3.09. The second kappa shape index (κ2) is 7.18. The minimum absolute atomic E-state index is 0.913. The van der Waals surface area contributed by atoms with Crippen molar-refractivity contribution < 1.29 is 0 Å². The molecule has 3 nitrogen and oxygen atoms in total. The lowest BCUT2D eigenvalue weighted by Gasteiger charge is -2.05. The topological polar surface area (TPSA) is 36.1 Å². The molecule has 0 saturated heterocycles. The summed E-state index contributed by atoms with van der Waals surface area (Å²) >= 11 is 0. The average Bonchev–Trinajstić information content (AvgIpc) is 2.53. The molecule has 0 unspecified atom stereocenters. The van der Waals surface area contributed by atoms with E-state index in [2.05, 4.69) is 16.0 Å². The van der Waals surface area contributed by atoms with E-state index in [4.69, 9.17) is 0 Å². The first-order chi connectivity index (χ1) is 6.50. The van der Waals surface area contributed by atoms with Crippen molar-refractivity contribution in [1.82, 2.24) is 16.0 Å². The van der Waals surface area contributed by atoms with Crippen molar-refractivity contribution in [2.45, 2.75) is 0 Å². The van der Waals surface area contributed by atoms with Gasteiger partial charge in [0.05, 0.1) is 6.67 Å². The molecule has 13 heavy (non-hydrogen) atoms. The lowest BCUT2D eigenvalue weighted by Crippen LogP contribution is -2.29. The summed E-state index contributed by atoms with van der Waals surface area (Å²) in [5.74, 6) is 0. The zero-order valence-corrected chi connectivity index (χ0v) is 7.53. The van der Waals surface area contributed by atoms with Crippen molar-refractivity contribution in [3.05, 3.63) is 49.0 Å². The van der Waals surface area contributed by atoms with Crippen LogP contribution in [0.3, 0.4) is 0 Å². The Labute approximate surface area is 78.9 Å². The molecule has 2 aliphatic heterocycles. The predicted octanol–water partition coefficient (Wildman–Crippen LogP) is 0.824. The highest BCUT2D eigenvalue weighted by Crippen LogP contribution is 1.81. The molecule has 2 heterocycles. The summed E-state index contributed by atoms with van der Waals surface area (Å²) in [5.41, 5.74) is 0. The van der Waals surface area contributed by atoms with Crippen molar-refractivity contribution in [1.29, 1.82) is 0 Å². The highest BCUT2D eigenvalue weighted by molar-refractivity contribution is 5.14. The molecular formula is C10H15N3. The van der Waals surface area contributed by atoms with Crippen LogP contribution in [0.25, 0.3) is 0 Å². The van der Waals surface area contributed by atoms with E-state index < -0.39 is 0 Å². The Bertz CT molecular complexity index is 204. The molecule has 2 aliphatic rings. The number of allylic oxidation sites excluding steroid dienone is 4. The third kappa shape index (κ3) is 5.75. The quantitative estimate of drug-likeness (QED) is 0.513. The van der Waals surface area contributed by atoms with E-state index in [0.717, 1.165) is 13.2 Å². The van der Waals surface area contributed by atoms with Gasteiger partial charge in [-0.05, 0) is 18.4 Å². The fraction of sp³-hybridized carbons (Fsp3) is 0.200. The molecule has 0 radical (unpaired) electrons. The monoisotopic (exact) mass is 177 g/mol. The van der Waals surface area contributed by atoms with Crippen LogP contribution in [0.4, 0.5) is 0 Å². The van der Waals surface area contributed by atoms with Crippen molar-refractivity contribution in [2.75, 3.05) is 13.2 Å². The van der Waals surface area contributed by atoms with Crippen molar-refractivity contribution in [3.8, 4) is 0 Å². The van der Waals surface area contributed by atoms with E-state index in [1.54, 1.807) is 0 Å². The molecule has 0 aromatic heterocycles. The Morgan fingerprint density at radius 2 is 1.62 bits per heavy atom. The summed E-state index contributed by atoms with van der Waals surface area (Å²) in [4.78, 5) is 0. The van der Waals surface area contributed by atoms with Crippen LogP contribution in [0.1, 0.15) is 0 Å². The van der Waals surface area contributed by atoms with Crippen LogP contribution in [0.5, 0.6) is 0 Å². The summed E-state index contributed by atoms with van der Waals surface area (Å²) in [7, 11) is 0. The SMILES string of the molecule is C1=CC=CNC=C1.C1=CNCNC1. The van der Waals surface area contributed by atoms with Gasteiger partial charge in [0.25, 0.3) is 0 Å². The molecule has 2 rings (SSSR count). The molecule has 70 valence electrons.